The largest absolute Gasteiger partial charge is 0.491 e. The number of ether oxygens (including phenoxy) is 4. The molecule has 3 aromatic rings. The molecular formula is C29H35ClN2O5. The summed E-state index contributed by atoms with van der Waals surface area (Å²) in [7, 11) is 1.70. The van der Waals surface area contributed by atoms with Crippen molar-refractivity contribution in [3.63, 3.8) is 0 Å². The minimum atomic E-state index is -0.242. The number of piperidine rings is 1. The van der Waals surface area contributed by atoms with Crippen LogP contribution in [-0.2, 0) is 14.3 Å². The van der Waals surface area contributed by atoms with E-state index in [1.54, 1.807) is 13.3 Å². The number of likely N-dealkylation sites (tertiary alicyclic amines) is 1. The average molecular weight is 527 g/mol. The fourth-order valence-corrected chi connectivity index (χ4v) is 4.94. The first kappa shape index (κ1) is 27.2. The van der Waals surface area contributed by atoms with Crippen LogP contribution in [0.2, 0.25) is 0 Å². The van der Waals surface area contributed by atoms with Crippen molar-refractivity contribution in [2.24, 2.45) is 0 Å². The van der Waals surface area contributed by atoms with Crippen LogP contribution >= 0.6 is 12.4 Å². The Labute approximate surface area is 224 Å². The minimum Gasteiger partial charge on any atom is -0.491 e. The molecule has 0 spiro atoms. The minimum absolute atomic E-state index is 0. The van der Waals surface area contributed by atoms with Gasteiger partial charge in [0.1, 0.15) is 23.5 Å². The second kappa shape index (κ2) is 13.1. The normalized spacial score (nSPS) is 18.0. The number of methoxy groups -OCH3 is 1. The number of pyridine rings is 1. The SMILES string of the molecule is COCCCOc1c(-c2ccc(OC3CCN(C(=O)[C@H]4CCCO4)CC3)cc2)ccc2cccnc12.Cl. The fraction of sp³-hybridized carbons (Fsp3) is 0.448. The van der Waals surface area contributed by atoms with E-state index in [4.69, 9.17) is 18.9 Å². The molecule has 1 aromatic heterocycles. The highest BCUT2D eigenvalue weighted by atomic mass is 35.5. The van der Waals surface area contributed by atoms with Crippen LogP contribution in [0.25, 0.3) is 22.0 Å². The van der Waals surface area contributed by atoms with E-state index < -0.39 is 0 Å². The van der Waals surface area contributed by atoms with E-state index in [-0.39, 0.29) is 30.5 Å². The molecule has 2 aromatic carbocycles. The maximum atomic E-state index is 12.6. The number of carbonyl (C=O) groups is 1. The molecule has 2 aliphatic rings. The Morgan fingerprint density at radius 3 is 2.59 bits per heavy atom. The maximum Gasteiger partial charge on any atom is 0.251 e. The second-order valence-corrected chi connectivity index (χ2v) is 9.38. The number of rotatable bonds is 9. The first-order valence-electron chi connectivity index (χ1n) is 12.9. The molecule has 1 amide bonds. The molecule has 0 aliphatic carbocycles. The molecule has 8 heteroatoms. The molecule has 1 atom stereocenters. The number of fused-ring (bicyclic) bond motifs is 1. The van der Waals surface area contributed by atoms with Crippen LogP contribution < -0.4 is 9.47 Å². The Bertz CT molecular complexity index is 1160. The number of benzene rings is 2. The highest BCUT2D eigenvalue weighted by Crippen LogP contribution is 2.37. The van der Waals surface area contributed by atoms with Crippen LogP contribution in [0, 0.1) is 0 Å². The third kappa shape index (κ3) is 6.53. The summed E-state index contributed by atoms with van der Waals surface area (Å²) >= 11 is 0. The van der Waals surface area contributed by atoms with E-state index in [1.807, 2.05) is 29.2 Å². The zero-order valence-corrected chi connectivity index (χ0v) is 22.1. The van der Waals surface area contributed by atoms with Crippen LogP contribution in [0.4, 0.5) is 0 Å². The lowest BCUT2D eigenvalue weighted by Crippen LogP contribution is -2.45. The van der Waals surface area contributed by atoms with Gasteiger partial charge in [-0.15, -0.1) is 12.4 Å². The van der Waals surface area contributed by atoms with Gasteiger partial charge in [-0.05, 0) is 42.7 Å². The first-order valence-corrected chi connectivity index (χ1v) is 12.9. The first-order chi connectivity index (χ1) is 17.7. The molecule has 37 heavy (non-hydrogen) atoms. The van der Waals surface area contributed by atoms with Gasteiger partial charge in [-0.1, -0.05) is 24.3 Å². The summed E-state index contributed by atoms with van der Waals surface area (Å²) in [6.45, 7) is 3.35. The second-order valence-electron chi connectivity index (χ2n) is 9.38. The highest BCUT2D eigenvalue weighted by Gasteiger charge is 2.31. The van der Waals surface area contributed by atoms with Gasteiger partial charge in [-0.25, -0.2) is 0 Å². The number of hydrogen-bond acceptors (Lipinski definition) is 6. The molecule has 2 saturated heterocycles. The van der Waals surface area contributed by atoms with Gasteiger partial charge in [-0.3, -0.25) is 9.78 Å². The van der Waals surface area contributed by atoms with Crippen molar-refractivity contribution in [2.45, 2.75) is 44.3 Å². The van der Waals surface area contributed by atoms with Gasteiger partial charge in [0.15, 0.2) is 5.75 Å². The van der Waals surface area contributed by atoms with Crippen molar-refractivity contribution in [1.82, 2.24) is 9.88 Å². The van der Waals surface area contributed by atoms with Crippen molar-refractivity contribution in [3.05, 3.63) is 54.7 Å². The molecular weight excluding hydrogens is 492 g/mol. The van der Waals surface area contributed by atoms with Gasteiger partial charge < -0.3 is 23.8 Å². The molecule has 3 heterocycles. The van der Waals surface area contributed by atoms with E-state index in [2.05, 4.69) is 29.2 Å². The predicted octanol–water partition coefficient (Wildman–Crippen LogP) is 5.29. The molecule has 198 valence electrons. The van der Waals surface area contributed by atoms with Crippen molar-refractivity contribution in [1.29, 1.82) is 0 Å². The van der Waals surface area contributed by atoms with Crippen LogP contribution in [0.5, 0.6) is 11.5 Å². The monoisotopic (exact) mass is 526 g/mol. The Morgan fingerprint density at radius 2 is 1.86 bits per heavy atom. The topological polar surface area (TPSA) is 70.1 Å². The van der Waals surface area contributed by atoms with E-state index in [0.717, 1.165) is 78.7 Å². The van der Waals surface area contributed by atoms with Gasteiger partial charge in [0.2, 0.25) is 0 Å². The summed E-state index contributed by atoms with van der Waals surface area (Å²) in [5.41, 5.74) is 2.91. The average Bonchev–Trinajstić information content (AvgIpc) is 3.47. The van der Waals surface area contributed by atoms with Crippen LogP contribution in [0.1, 0.15) is 32.1 Å². The predicted molar refractivity (Wildman–Crippen MR) is 146 cm³/mol. The zero-order valence-electron chi connectivity index (χ0n) is 21.3. The summed E-state index contributed by atoms with van der Waals surface area (Å²) in [4.78, 5) is 19.1. The summed E-state index contributed by atoms with van der Waals surface area (Å²) < 4.78 is 23.2. The van der Waals surface area contributed by atoms with Gasteiger partial charge in [0.05, 0.1) is 6.61 Å². The molecule has 5 rings (SSSR count). The lowest BCUT2D eigenvalue weighted by Gasteiger charge is -2.33. The summed E-state index contributed by atoms with van der Waals surface area (Å²) in [5.74, 6) is 1.77. The smallest absolute Gasteiger partial charge is 0.251 e. The maximum absolute atomic E-state index is 12.6. The van der Waals surface area contributed by atoms with Gasteiger partial charge in [0, 0.05) is 69.8 Å². The van der Waals surface area contributed by atoms with E-state index in [9.17, 15) is 4.79 Å². The Hall–Kier alpha value is -2.87. The number of aromatic nitrogens is 1. The Morgan fingerprint density at radius 1 is 1.05 bits per heavy atom. The third-order valence-corrected chi connectivity index (χ3v) is 6.89. The van der Waals surface area contributed by atoms with Crippen LogP contribution in [0.15, 0.2) is 54.7 Å². The van der Waals surface area contributed by atoms with E-state index >= 15 is 0 Å². The van der Waals surface area contributed by atoms with Crippen LogP contribution in [0.3, 0.4) is 0 Å². The number of hydrogen-bond donors (Lipinski definition) is 0. The highest BCUT2D eigenvalue weighted by molar-refractivity contribution is 5.92. The fourth-order valence-electron chi connectivity index (χ4n) is 4.94. The molecule has 0 radical (unpaired) electrons. The molecule has 0 N–H and O–H groups in total. The van der Waals surface area contributed by atoms with Gasteiger partial charge in [0.25, 0.3) is 5.91 Å². The van der Waals surface area contributed by atoms with Crippen molar-refractivity contribution < 1.29 is 23.7 Å². The van der Waals surface area contributed by atoms with Gasteiger partial charge in [-0.2, -0.15) is 0 Å². The number of carbonyl (C=O) groups excluding carboxylic acids is 1. The van der Waals surface area contributed by atoms with Crippen LogP contribution in [-0.4, -0.2) is 68.0 Å². The number of nitrogens with zero attached hydrogens (tertiary/aromatic N) is 2. The van der Waals surface area contributed by atoms with Crippen molar-refractivity contribution >= 4 is 29.2 Å². The molecule has 0 unspecified atom stereocenters. The third-order valence-electron chi connectivity index (χ3n) is 6.89. The zero-order chi connectivity index (χ0) is 24.7. The summed E-state index contributed by atoms with van der Waals surface area (Å²) in [6, 6.07) is 16.3. The standard InChI is InChI=1S/C29H34N2O5.ClH/c1-33-18-4-20-35-28-25(12-9-22-5-2-15-30-27(22)28)21-7-10-23(11-8-21)36-24-13-16-31(17-14-24)29(32)26-6-3-19-34-26;/h2,5,7-12,15,24,26H,3-4,6,13-14,16-20H2,1H3;1H/t26-;/m1./s1. The lowest BCUT2D eigenvalue weighted by atomic mass is 10.0. The molecule has 7 nitrogen and oxygen atoms in total. The van der Waals surface area contributed by atoms with Gasteiger partial charge >= 0.3 is 0 Å². The molecule has 0 bridgehead atoms. The summed E-state index contributed by atoms with van der Waals surface area (Å²) in [5, 5.41) is 1.05. The van der Waals surface area contributed by atoms with Crippen molar-refractivity contribution in [2.75, 3.05) is 40.0 Å². The van der Waals surface area contributed by atoms with E-state index in [1.165, 1.54) is 0 Å². The van der Waals surface area contributed by atoms with Crippen molar-refractivity contribution in [3.8, 4) is 22.6 Å². The molecule has 2 fully saturated rings. The summed E-state index contributed by atoms with van der Waals surface area (Å²) in [6.07, 6.45) is 5.95. The number of halogens is 1. The molecule has 2 aliphatic heterocycles. The quantitative estimate of drug-likeness (QED) is 0.353. The van der Waals surface area contributed by atoms with E-state index in [0.29, 0.717) is 19.8 Å². The molecule has 0 saturated carbocycles. The number of amides is 1. The Balaban J connectivity index is 0.00000320. The lowest BCUT2D eigenvalue weighted by molar-refractivity contribution is -0.142. The Kier molecular flexibility index (Phi) is 9.61.